The molecule has 0 saturated heterocycles. The lowest BCUT2D eigenvalue weighted by Gasteiger charge is -2.25. The van der Waals surface area contributed by atoms with Crippen LogP contribution in [-0.4, -0.2) is 12.6 Å². The molecule has 1 unspecified atom stereocenters. The molecule has 0 radical (unpaired) electrons. The maximum absolute atomic E-state index is 12.1. The number of rotatable bonds is 2. The highest BCUT2D eigenvalue weighted by molar-refractivity contribution is 6.10. The normalized spacial score (nSPS) is 17.0. The monoisotopic (exact) mass is 318 g/mol. The Bertz CT molecular complexity index is 940. The Morgan fingerprint density at radius 3 is 2.62 bits per heavy atom. The van der Waals surface area contributed by atoms with Crippen molar-refractivity contribution in [3.63, 3.8) is 0 Å². The fourth-order valence-electron chi connectivity index (χ4n) is 4.10. The third-order valence-electron chi connectivity index (χ3n) is 5.29. The second-order valence-corrected chi connectivity index (χ2v) is 6.73. The summed E-state index contributed by atoms with van der Waals surface area (Å²) in [6.07, 6.45) is 2.64. The van der Waals surface area contributed by atoms with E-state index < -0.39 is 0 Å². The van der Waals surface area contributed by atoms with Gasteiger partial charge in [-0.3, -0.25) is 4.79 Å². The number of carbonyl (C=O) groups excluding carboxylic acids is 1. The standard InChI is InChI=1S/C22H22O2/c1-3-24-22(23)16-9-10-18-15(13-16)8-11-20-19-7-5-4-6-17(19)14(2)12-21(18)20/h4-8,11-12,16H,3,9-10,13H2,1-2H3. The quantitative estimate of drug-likeness (QED) is 0.492. The Morgan fingerprint density at radius 1 is 1.08 bits per heavy atom. The maximum Gasteiger partial charge on any atom is 0.309 e. The molecule has 122 valence electrons. The number of ether oxygens (including phenoxy) is 1. The summed E-state index contributed by atoms with van der Waals surface area (Å²) in [4.78, 5) is 12.1. The summed E-state index contributed by atoms with van der Waals surface area (Å²) in [5.41, 5.74) is 4.04. The highest BCUT2D eigenvalue weighted by atomic mass is 16.5. The van der Waals surface area contributed by atoms with E-state index in [2.05, 4.69) is 49.4 Å². The number of esters is 1. The molecule has 0 aromatic heterocycles. The summed E-state index contributed by atoms with van der Waals surface area (Å²) in [7, 11) is 0. The topological polar surface area (TPSA) is 26.3 Å². The summed E-state index contributed by atoms with van der Waals surface area (Å²) in [5.74, 6) is -0.0330. The van der Waals surface area contributed by atoms with Crippen LogP contribution in [-0.2, 0) is 22.4 Å². The number of fused-ring (bicyclic) bond motifs is 5. The molecule has 24 heavy (non-hydrogen) atoms. The van der Waals surface area contributed by atoms with Crippen molar-refractivity contribution in [1.82, 2.24) is 0 Å². The third-order valence-corrected chi connectivity index (χ3v) is 5.29. The summed E-state index contributed by atoms with van der Waals surface area (Å²) in [6.45, 7) is 4.52. The number of hydrogen-bond acceptors (Lipinski definition) is 2. The fraction of sp³-hybridized carbons (Fsp3) is 0.318. The van der Waals surface area contributed by atoms with E-state index in [9.17, 15) is 4.79 Å². The minimum atomic E-state index is -0.0436. The summed E-state index contributed by atoms with van der Waals surface area (Å²) < 4.78 is 5.22. The van der Waals surface area contributed by atoms with Crippen molar-refractivity contribution in [3.05, 3.63) is 59.2 Å². The van der Waals surface area contributed by atoms with E-state index in [1.54, 1.807) is 0 Å². The Kier molecular flexibility index (Phi) is 3.76. The van der Waals surface area contributed by atoms with Gasteiger partial charge in [-0.1, -0.05) is 42.5 Å². The molecule has 0 saturated carbocycles. The summed E-state index contributed by atoms with van der Waals surface area (Å²) in [5, 5.41) is 5.32. The van der Waals surface area contributed by atoms with Gasteiger partial charge < -0.3 is 4.74 Å². The first-order chi connectivity index (χ1) is 11.7. The number of carbonyl (C=O) groups is 1. The fourth-order valence-corrected chi connectivity index (χ4v) is 4.10. The Morgan fingerprint density at radius 2 is 1.83 bits per heavy atom. The van der Waals surface area contributed by atoms with E-state index in [0.717, 1.165) is 19.3 Å². The molecule has 1 aliphatic rings. The molecule has 3 aromatic carbocycles. The van der Waals surface area contributed by atoms with Crippen molar-refractivity contribution in [3.8, 4) is 0 Å². The van der Waals surface area contributed by atoms with Crippen molar-refractivity contribution in [2.24, 2.45) is 5.92 Å². The van der Waals surface area contributed by atoms with Gasteiger partial charge in [-0.05, 0) is 71.3 Å². The van der Waals surface area contributed by atoms with Gasteiger partial charge in [0.05, 0.1) is 12.5 Å². The van der Waals surface area contributed by atoms with Gasteiger partial charge in [0.15, 0.2) is 0 Å². The van der Waals surface area contributed by atoms with E-state index in [1.165, 1.54) is 38.2 Å². The van der Waals surface area contributed by atoms with E-state index >= 15 is 0 Å². The molecule has 0 spiro atoms. The summed E-state index contributed by atoms with van der Waals surface area (Å²) in [6, 6.07) is 15.4. The first-order valence-corrected chi connectivity index (χ1v) is 8.78. The molecule has 0 aliphatic heterocycles. The molecule has 0 N–H and O–H groups in total. The van der Waals surface area contributed by atoms with Crippen LogP contribution in [0.3, 0.4) is 0 Å². The van der Waals surface area contributed by atoms with Crippen LogP contribution in [0.15, 0.2) is 42.5 Å². The average molecular weight is 318 g/mol. The molecule has 0 fully saturated rings. The lowest BCUT2D eigenvalue weighted by Crippen LogP contribution is -2.24. The van der Waals surface area contributed by atoms with E-state index in [1.807, 2.05) is 6.92 Å². The SMILES string of the molecule is CCOC(=O)C1CCc2c(ccc3c2cc(C)c2ccccc23)C1. The van der Waals surface area contributed by atoms with Gasteiger partial charge in [0.2, 0.25) is 0 Å². The van der Waals surface area contributed by atoms with Crippen LogP contribution < -0.4 is 0 Å². The lowest BCUT2D eigenvalue weighted by atomic mass is 9.80. The van der Waals surface area contributed by atoms with E-state index in [4.69, 9.17) is 4.74 Å². The zero-order valence-electron chi connectivity index (χ0n) is 14.3. The first kappa shape index (κ1) is 15.2. The van der Waals surface area contributed by atoms with Crippen molar-refractivity contribution in [1.29, 1.82) is 0 Å². The van der Waals surface area contributed by atoms with Crippen LogP contribution in [0.5, 0.6) is 0 Å². The zero-order valence-corrected chi connectivity index (χ0v) is 14.3. The van der Waals surface area contributed by atoms with Gasteiger partial charge >= 0.3 is 5.97 Å². The van der Waals surface area contributed by atoms with E-state index in [0.29, 0.717) is 6.61 Å². The van der Waals surface area contributed by atoms with Gasteiger partial charge in [-0.2, -0.15) is 0 Å². The van der Waals surface area contributed by atoms with Gasteiger partial charge in [0.25, 0.3) is 0 Å². The predicted molar refractivity (Wildman–Crippen MR) is 98.3 cm³/mol. The number of aryl methyl sites for hydroxylation is 2. The van der Waals surface area contributed by atoms with Crippen molar-refractivity contribution in [2.45, 2.75) is 33.1 Å². The largest absolute Gasteiger partial charge is 0.466 e. The lowest BCUT2D eigenvalue weighted by molar-refractivity contribution is -0.148. The van der Waals surface area contributed by atoms with Gasteiger partial charge in [0, 0.05) is 0 Å². The number of hydrogen-bond donors (Lipinski definition) is 0. The van der Waals surface area contributed by atoms with Gasteiger partial charge in [-0.25, -0.2) is 0 Å². The maximum atomic E-state index is 12.1. The molecular weight excluding hydrogens is 296 g/mol. The van der Waals surface area contributed by atoms with Crippen molar-refractivity contribution in [2.75, 3.05) is 6.61 Å². The molecule has 2 heteroatoms. The molecule has 0 bridgehead atoms. The Hall–Kier alpha value is -2.35. The second-order valence-electron chi connectivity index (χ2n) is 6.73. The van der Waals surface area contributed by atoms with E-state index in [-0.39, 0.29) is 11.9 Å². The van der Waals surface area contributed by atoms with Crippen LogP contribution in [0, 0.1) is 12.8 Å². The molecule has 0 amide bonds. The van der Waals surface area contributed by atoms with Gasteiger partial charge in [-0.15, -0.1) is 0 Å². The zero-order chi connectivity index (χ0) is 16.7. The smallest absolute Gasteiger partial charge is 0.309 e. The van der Waals surface area contributed by atoms with Crippen LogP contribution in [0.2, 0.25) is 0 Å². The van der Waals surface area contributed by atoms with Gasteiger partial charge in [0.1, 0.15) is 0 Å². The number of benzene rings is 3. The average Bonchev–Trinajstić information content (AvgIpc) is 2.61. The third kappa shape index (κ3) is 2.37. The van der Waals surface area contributed by atoms with Crippen molar-refractivity contribution < 1.29 is 9.53 Å². The second kappa shape index (κ2) is 5.94. The molecule has 1 aliphatic carbocycles. The van der Waals surface area contributed by atoms with Crippen LogP contribution in [0.25, 0.3) is 21.5 Å². The summed E-state index contributed by atoms with van der Waals surface area (Å²) >= 11 is 0. The van der Waals surface area contributed by atoms with Crippen LogP contribution in [0.4, 0.5) is 0 Å². The molecule has 4 rings (SSSR count). The minimum Gasteiger partial charge on any atom is -0.466 e. The van der Waals surface area contributed by atoms with Crippen molar-refractivity contribution >= 4 is 27.5 Å². The highest BCUT2D eigenvalue weighted by Crippen LogP contribution is 2.36. The highest BCUT2D eigenvalue weighted by Gasteiger charge is 2.27. The van der Waals surface area contributed by atoms with Crippen LogP contribution >= 0.6 is 0 Å². The first-order valence-electron chi connectivity index (χ1n) is 8.78. The van der Waals surface area contributed by atoms with Crippen LogP contribution in [0.1, 0.15) is 30.0 Å². The predicted octanol–water partition coefficient (Wildman–Crippen LogP) is 4.97. The molecular formula is C22H22O2. The Labute approximate surface area is 142 Å². The Balaban J connectivity index is 1.84. The molecule has 1 atom stereocenters. The molecule has 3 aromatic rings. The molecule has 2 nitrogen and oxygen atoms in total. The minimum absolute atomic E-state index is 0.0106. The molecule has 0 heterocycles.